The minimum absolute atomic E-state index is 0.102. The highest BCUT2D eigenvalue weighted by Gasteiger charge is 2.34. The van der Waals surface area contributed by atoms with Crippen LogP contribution in [-0.4, -0.2) is 75.3 Å². The van der Waals surface area contributed by atoms with Gasteiger partial charge in [-0.2, -0.15) is 0 Å². The molecular formula is C30H46N2O3S2. The highest BCUT2D eigenvalue weighted by Crippen LogP contribution is 2.23. The van der Waals surface area contributed by atoms with Crippen molar-refractivity contribution in [1.29, 1.82) is 0 Å². The van der Waals surface area contributed by atoms with Gasteiger partial charge in [-0.25, -0.2) is 0 Å². The van der Waals surface area contributed by atoms with Gasteiger partial charge in [-0.1, -0.05) is 52.0 Å². The van der Waals surface area contributed by atoms with Crippen molar-refractivity contribution in [3.05, 3.63) is 59.7 Å². The summed E-state index contributed by atoms with van der Waals surface area (Å²) in [7, 11) is -1.01. The number of thioether (sulfide) groups is 1. The average molecular weight is 547 g/mol. The molecule has 7 heteroatoms. The molecule has 2 aromatic carbocycles. The highest BCUT2D eigenvalue weighted by atomic mass is 32.2. The Morgan fingerprint density at radius 3 is 1.30 bits per heavy atom. The van der Waals surface area contributed by atoms with E-state index in [0.29, 0.717) is 5.56 Å². The van der Waals surface area contributed by atoms with E-state index in [9.17, 15) is 13.8 Å². The number of hydrogen-bond donors (Lipinski definition) is 0. The molecule has 0 aromatic heterocycles. The van der Waals surface area contributed by atoms with Crippen LogP contribution in [0.2, 0.25) is 0 Å². The molecule has 2 aromatic rings. The van der Waals surface area contributed by atoms with Crippen LogP contribution in [0.3, 0.4) is 0 Å². The molecule has 0 aliphatic rings. The second-order valence-corrected chi connectivity index (χ2v) is 12.1. The first-order valence-corrected chi connectivity index (χ1v) is 15.8. The third-order valence-corrected chi connectivity index (χ3v) is 8.70. The SMILES string of the molecule is CCN(CC)C(C)(C)C(=O)c1ccc(S(C)=O)cc1.CCN(CC)C(C)(C)C(=O)c1ccc(SC)cc1. The molecule has 37 heavy (non-hydrogen) atoms. The highest BCUT2D eigenvalue weighted by molar-refractivity contribution is 7.98. The van der Waals surface area contributed by atoms with Crippen LogP contribution in [0, 0.1) is 0 Å². The number of nitrogens with zero attached hydrogens (tertiary/aromatic N) is 2. The Balaban J connectivity index is 0.000000371. The second kappa shape index (κ2) is 15.0. The van der Waals surface area contributed by atoms with E-state index in [0.717, 1.165) is 36.6 Å². The summed E-state index contributed by atoms with van der Waals surface area (Å²) in [4.78, 5) is 31.4. The first kappa shape index (κ1) is 33.2. The van der Waals surface area contributed by atoms with E-state index in [-0.39, 0.29) is 11.6 Å². The molecule has 0 radical (unpaired) electrons. The largest absolute Gasteiger partial charge is 0.292 e. The monoisotopic (exact) mass is 546 g/mol. The lowest BCUT2D eigenvalue weighted by molar-refractivity contribution is 0.0665. The van der Waals surface area contributed by atoms with E-state index >= 15 is 0 Å². The van der Waals surface area contributed by atoms with Crippen LogP contribution < -0.4 is 0 Å². The predicted octanol–water partition coefficient (Wildman–Crippen LogP) is 6.44. The molecular weight excluding hydrogens is 500 g/mol. The van der Waals surface area contributed by atoms with E-state index < -0.39 is 21.9 Å². The van der Waals surface area contributed by atoms with Crippen molar-refractivity contribution in [2.45, 2.75) is 76.3 Å². The molecule has 0 heterocycles. The lowest BCUT2D eigenvalue weighted by atomic mass is 9.91. The molecule has 0 spiro atoms. The van der Waals surface area contributed by atoms with Gasteiger partial charge < -0.3 is 0 Å². The van der Waals surface area contributed by atoms with Crippen molar-refractivity contribution < 1.29 is 13.8 Å². The van der Waals surface area contributed by atoms with Gasteiger partial charge in [0.15, 0.2) is 11.6 Å². The van der Waals surface area contributed by atoms with Crippen molar-refractivity contribution in [2.24, 2.45) is 0 Å². The Morgan fingerprint density at radius 1 is 0.703 bits per heavy atom. The third kappa shape index (κ3) is 8.60. The molecule has 0 aliphatic carbocycles. The summed E-state index contributed by atoms with van der Waals surface area (Å²) >= 11 is 1.69. The average Bonchev–Trinajstić information content (AvgIpc) is 2.89. The molecule has 0 N–H and O–H groups in total. The summed E-state index contributed by atoms with van der Waals surface area (Å²) in [5.41, 5.74) is 0.511. The van der Waals surface area contributed by atoms with Crippen LogP contribution in [-0.2, 0) is 10.8 Å². The molecule has 0 amide bonds. The number of benzene rings is 2. The van der Waals surface area contributed by atoms with E-state index in [1.165, 1.54) is 4.90 Å². The summed E-state index contributed by atoms with van der Waals surface area (Å²) in [6.07, 6.45) is 3.67. The van der Waals surface area contributed by atoms with Crippen molar-refractivity contribution in [3.8, 4) is 0 Å². The van der Waals surface area contributed by atoms with Gasteiger partial charge in [0.1, 0.15) is 0 Å². The van der Waals surface area contributed by atoms with Crippen LogP contribution in [0.4, 0.5) is 0 Å². The molecule has 0 bridgehead atoms. The predicted molar refractivity (Wildman–Crippen MR) is 160 cm³/mol. The number of rotatable bonds is 12. The van der Waals surface area contributed by atoms with Crippen LogP contribution in [0.5, 0.6) is 0 Å². The molecule has 0 saturated carbocycles. The third-order valence-electron chi connectivity index (χ3n) is 7.02. The summed E-state index contributed by atoms with van der Waals surface area (Å²) in [6, 6.07) is 14.9. The molecule has 1 atom stereocenters. The van der Waals surface area contributed by atoms with Gasteiger partial charge in [-0.3, -0.25) is 23.6 Å². The Kier molecular flexibility index (Phi) is 13.4. The van der Waals surface area contributed by atoms with E-state index in [1.54, 1.807) is 42.3 Å². The Hall–Kier alpha value is -1.80. The molecule has 5 nitrogen and oxygen atoms in total. The molecule has 2 rings (SSSR count). The van der Waals surface area contributed by atoms with Crippen molar-refractivity contribution in [1.82, 2.24) is 9.80 Å². The van der Waals surface area contributed by atoms with Crippen LogP contribution in [0.1, 0.15) is 76.1 Å². The zero-order valence-corrected chi connectivity index (χ0v) is 26.0. The fraction of sp³-hybridized carbons (Fsp3) is 0.533. The smallest absolute Gasteiger partial charge is 0.182 e. The van der Waals surface area contributed by atoms with Crippen LogP contribution in [0.15, 0.2) is 58.3 Å². The zero-order chi connectivity index (χ0) is 28.4. The molecule has 0 fully saturated rings. The topological polar surface area (TPSA) is 57.7 Å². The maximum absolute atomic E-state index is 12.6. The Labute approximate surface area is 231 Å². The number of likely N-dealkylation sites (N-methyl/N-ethyl adjacent to an activating group) is 2. The summed E-state index contributed by atoms with van der Waals surface area (Å²) < 4.78 is 11.3. The van der Waals surface area contributed by atoms with Gasteiger partial charge in [0.2, 0.25) is 0 Å². The lowest BCUT2D eigenvalue weighted by Crippen LogP contribution is -2.49. The number of carbonyl (C=O) groups is 2. The fourth-order valence-electron chi connectivity index (χ4n) is 4.56. The van der Waals surface area contributed by atoms with Crippen molar-refractivity contribution >= 4 is 34.1 Å². The maximum atomic E-state index is 12.6. The Bertz CT molecular complexity index is 1020. The number of carbonyl (C=O) groups excluding carboxylic acids is 2. The summed E-state index contributed by atoms with van der Waals surface area (Å²) in [6.45, 7) is 19.7. The number of ketones is 2. The summed E-state index contributed by atoms with van der Waals surface area (Å²) in [5, 5.41) is 0. The van der Waals surface area contributed by atoms with Gasteiger partial charge in [0, 0.05) is 38.0 Å². The van der Waals surface area contributed by atoms with Gasteiger partial charge in [0.25, 0.3) is 0 Å². The lowest BCUT2D eigenvalue weighted by Gasteiger charge is -2.35. The van der Waals surface area contributed by atoms with Crippen LogP contribution in [0.25, 0.3) is 0 Å². The van der Waals surface area contributed by atoms with Gasteiger partial charge in [0.05, 0.1) is 11.1 Å². The first-order chi connectivity index (χ1) is 17.3. The van der Waals surface area contributed by atoms with Gasteiger partial charge in [-0.05, 0) is 84.4 Å². The van der Waals surface area contributed by atoms with Crippen LogP contribution >= 0.6 is 11.8 Å². The fourth-order valence-corrected chi connectivity index (χ4v) is 5.49. The zero-order valence-electron chi connectivity index (χ0n) is 24.4. The van der Waals surface area contributed by atoms with E-state index in [1.807, 2.05) is 58.2 Å². The molecule has 0 saturated heterocycles. The quantitative estimate of drug-likeness (QED) is 0.226. The number of Topliss-reactive ketones (excluding diaryl/α,β-unsaturated/α-hetero) is 2. The van der Waals surface area contributed by atoms with Crippen molar-refractivity contribution in [2.75, 3.05) is 38.7 Å². The first-order valence-electron chi connectivity index (χ1n) is 13.0. The van der Waals surface area contributed by atoms with Gasteiger partial charge >= 0.3 is 0 Å². The normalized spacial score (nSPS) is 12.8. The molecule has 206 valence electrons. The van der Waals surface area contributed by atoms with E-state index in [4.69, 9.17) is 0 Å². The van der Waals surface area contributed by atoms with Crippen molar-refractivity contribution in [3.63, 3.8) is 0 Å². The molecule has 1 unspecified atom stereocenters. The summed E-state index contributed by atoms with van der Waals surface area (Å²) in [5.74, 6) is 0.295. The van der Waals surface area contributed by atoms with Gasteiger partial charge in [-0.15, -0.1) is 11.8 Å². The molecule has 0 aliphatic heterocycles. The Morgan fingerprint density at radius 2 is 1.03 bits per heavy atom. The standard InChI is InChI=1S/C15H23NO2S.C15H23NOS/c1-6-16(7-2)15(3,4)14(17)12-8-10-13(11-9-12)19(5)18;1-6-16(7-2)15(3,4)14(17)12-8-10-13(18-5)11-9-12/h8-11H,6-7H2,1-5H3;8-11H,6-7H2,1-5H3. The minimum atomic E-state index is -1.01. The van der Waals surface area contributed by atoms with E-state index in [2.05, 4.69) is 37.5 Å². The number of hydrogen-bond acceptors (Lipinski definition) is 6. The second-order valence-electron chi connectivity index (χ2n) is 9.83. The minimum Gasteiger partial charge on any atom is -0.292 e. The maximum Gasteiger partial charge on any atom is 0.182 e.